The molecule has 0 heterocycles. The molecular formula is C13H19BrO2. The van der Waals surface area contributed by atoms with Crippen LogP contribution in [0.5, 0.6) is 0 Å². The van der Waals surface area contributed by atoms with Crippen LogP contribution in [0.2, 0.25) is 0 Å². The van der Waals surface area contributed by atoms with E-state index in [2.05, 4.69) is 29.8 Å². The van der Waals surface area contributed by atoms with Crippen molar-refractivity contribution in [2.45, 2.75) is 38.4 Å². The van der Waals surface area contributed by atoms with Gasteiger partial charge in [-0.1, -0.05) is 54.0 Å². The molecule has 0 radical (unpaired) electrons. The number of halogens is 1. The largest absolute Gasteiger partial charge is 0.390 e. The van der Waals surface area contributed by atoms with E-state index in [-0.39, 0.29) is 0 Å². The second-order valence-electron chi connectivity index (χ2n) is 4.31. The zero-order chi connectivity index (χ0) is 12.1. The Hall–Kier alpha value is -0.380. The highest BCUT2D eigenvalue weighted by Crippen LogP contribution is 2.22. The molecule has 0 saturated carbocycles. The molecule has 16 heavy (non-hydrogen) atoms. The van der Waals surface area contributed by atoms with E-state index >= 15 is 0 Å². The number of aliphatic hydroxyl groups is 2. The molecule has 0 spiro atoms. The maximum atomic E-state index is 9.88. The fourth-order valence-corrected chi connectivity index (χ4v) is 2.04. The summed E-state index contributed by atoms with van der Waals surface area (Å²) in [6.45, 7) is 4.26. The van der Waals surface area contributed by atoms with Gasteiger partial charge in [-0.15, -0.1) is 0 Å². The molecule has 0 saturated heterocycles. The fourth-order valence-electron chi connectivity index (χ4n) is 1.57. The van der Waals surface area contributed by atoms with Crippen LogP contribution in [-0.2, 0) is 0 Å². The highest BCUT2D eigenvalue weighted by molar-refractivity contribution is 9.09. The molecule has 2 unspecified atom stereocenters. The number of rotatable bonds is 5. The van der Waals surface area contributed by atoms with Crippen molar-refractivity contribution in [2.24, 2.45) is 0 Å². The van der Waals surface area contributed by atoms with Crippen molar-refractivity contribution < 1.29 is 10.2 Å². The molecule has 0 aliphatic heterocycles. The van der Waals surface area contributed by atoms with Gasteiger partial charge in [0.05, 0.1) is 6.10 Å². The third-order valence-corrected chi connectivity index (χ3v) is 3.17. The number of aliphatic hydroxyl groups excluding tert-OH is 2. The zero-order valence-corrected chi connectivity index (χ0v) is 11.3. The van der Waals surface area contributed by atoms with Gasteiger partial charge in [0.15, 0.2) is 0 Å². The first-order chi connectivity index (χ1) is 7.56. The highest BCUT2D eigenvalue weighted by Gasteiger charge is 2.17. The van der Waals surface area contributed by atoms with Gasteiger partial charge in [0.25, 0.3) is 0 Å². The van der Waals surface area contributed by atoms with E-state index in [1.165, 1.54) is 5.56 Å². The number of hydrogen-bond donors (Lipinski definition) is 2. The smallest absolute Gasteiger partial charge is 0.105 e. The van der Waals surface area contributed by atoms with E-state index in [0.29, 0.717) is 17.7 Å². The van der Waals surface area contributed by atoms with Gasteiger partial charge in [-0.05, 0) is 23.5 Å². The van der Waals surface area contributed by atoms with Crippen molar-refractivity contribution in [3.8, 4) is 0 Å². The van der Waals surface area contributed by atoms with Crippen molar-refractivity contribution in [1.82, 2.24) is 0 Å². The van der Waals surface area contributed by atoms with Crippen LogP contribution in [0.4, 0.5) is 0 Å². The molecule has 2 atom stereocenters. The summed E-state index contributed by atoms with van der Waals surface area (Å²) in [5, 5.41) is 20.2. The minimum atomic E-state index is -0.793. The molecular weight excluding hydrogens is 268 g/mol. The third kappa shape index (κ3) is 3.58. The van der Waals surface area contributed by atoms with Crippen LogP contribution >= 0.6 is 15.9 Å². The van der Waals surface area contributed by atoms with Crippen LogP contribution in [0, 0.1) is 0 Å². The molecule has 0 aromatic heterocycles. The molecule has 1 rings (SSSR count). The van der Waals surface area contributed by atoms with Crippen molar-refractivity contribution in [1.29, 1.82) is 0 Å². The Morgan fingerprint density at radius 2 is 1.56 bits per heavy atom. The number of benzene rings is 1. The molecule has 0 fully saturated rings. The summed E-state index contributed by atoms with van der Waals surface area (Å²) in [6, 6.07) is 7.78. The Labute approximate surface area is 105 Å². The normalized spacial score (nSPS) is 15.1. The van der Waals surface area contributed by atoms with E-state index in [1.807, 2.05) is 24.3 Å². The van der Waals surface area contributed by atoms with E-state index in [9.17, 15) is 10.2 Å². The predicted octanol–water partition coefficient (Wildman–Crippen LogP) is 2.99. The zero-order valence-electron chi connectivity index (χ0n) is 9.73. The molecule has 0 amide bonds. The van der Waals surface area contributed by atoms with E-state index in [1.54, 1.807) is 0 Å². The summed E-state index contributed by atoms with van der Waals surface area (Å²) < 4.78 is 0. The lowest BCUT2D eigenvalue weighted by Crippen LogP contribution is -2.18. The fraction of sp³-hybridized carbons (Fsp3) is 0.538. The third-order valence-electron chi connectivity index (χ3n) is 2.71. The van der Waals surface area contributed by atoms with Crippen LogP contribution in [0.15, 0.2) is 24.3 Å². The Morgan fingerprint density at radius 1 is 1.06 bits per heavy atom. The van der Waals surface area contributed by atoms with E-state index in [4.69, 9.17) is 0 Å². The molecule has 0 bridgehead atoms. The molecule has 1 aromatic carbocycles. The summed E-state index contributed by atoms with van der Waals surface area (Å²) in [6.07, 6.45) is -0.948. The minimum Gasteiger partial charge on any atom is -0.390 e. The van der Waals surface area contributed by atoms with Crippen LogP contribution in [0.3, 0.4) is 0 Å². The first-order valence-electron chi connectivity index (χ1n) is 5.58. The van der Waals surface area contributed by atoms with Crippen molar-refractivity contribution >= 4 is 15.9 Å². The lowest BCUT2D eigenvalue weighted by atomic mass is 9.97. The van der Waals surface area contributed by atoms with Gasteiger partial charge in [0.2, 0.25) is 0 Å². The minimum absolute atomic E-state index is 0.485. The standard InChI is InChI=1S/C13H19BrO2/c1-9(2)10-3-5-11(6-4-10)13(16)12(15)7-8-14/h3-6,9,12-13,15-16H,7-8H2,1-2H3. The van der Waals surface area contributed by atoms with Crippen molar-refractivity contribution in [3.63, 3.8) is 0 Å². The highest BCUT2D eigenvalue weighted by atomic mass is 79.9. The quantitative estimate of drug-likeness (QED) is 0.817. The second kappa shape index (κ2) is 6.38. The predicted molar refractivity (Wildman–Crippen MR) is 69.9 cm³/mol. The van der Waals surface area contributed by atoms with Gasteiger partial charge in [-0.3, -0.25) is 0 Å². The maximum absolute atomic E-state index is 9.88. The van der Waals surface area contributed by atoms with Crippen LogP contribution in [0.25, 0.3) is 0 Å². The summed E-state index contributed by atoms with van der Waals surface area (Å²) in [4.78, 5) is 0. The first kappa shape index (κ1) is 13.7. The second-order valence-corrected chi connectivity index (χ2v) is 5.10. The Balaban J connectivity index is 2.73. The van der Waals surface area contributed by atoms with Gasteiger partial charge in [0.1, 0.15) is 6.10 Å². The van der Waals surface area contributed by atoms with Crippen molar-refractivity contribution in [2.75, 3.05) is 5.33 Å². The lowest BCUT2D eigenvalue weighted by molar-refractivity contribution is 0.0173. The summed E-state index contributed by atoms with van der Waals surface area (Å²) in [7, 11) is 0. The van der Waals surface area contributed by atoms with Crippen LogP contribution < -0.4 is 0 Å². The van der Waals surface area contributed by atoms with Gasteiger partial charge >= 0.3 is 0 Å². The molecule has 2 N–H and O–H groups in total. The monoisotopic (exact) mass is 286 g/mol. The maximum Gasteiger partial charge on any atom is 0.105 e. The summed E-state index contributed by atoms with van der Waals surface area (Å²) in [5.41, 5.74) is 2.02. The molecule has 2 nitrogen and oxygen atoms in total. The van der Waals surface area contributed by atoms with Gasteiger partial charge in [-0.25, -0.2) is 0 Å². The Kier molecular flexibility index (Phi) is 5.46. The van der Waals surface area contributed by atoms with Crippen molar-refractivity contribution in [3.05, 3.63) is 35.4 Å². The molecule has 90 valence electrons. The van der Waals surface area contributed by atoms with Gasteiger partial charge in [-0.2, -0.15) is 0 Å². The average molecular weight is 287 g/mol. The number of alkyl halides is 1. The molecule has 3 heteroatoms. The van der Waals surface area contributed by atoms with Crippen LogP contribution in [-0.4, -0.2) is 21.6 Å². The topological polar surface area (TPSA) is 40.5 Å². The lowest BCUT2D eigenvalue weighted by Gasteiger charge is -2.17. The number of hydrogen-bond acceptors (Lipinski definition) is 2. The SMILES string of the molecule is CC(C)c1ccc(C(O)C(O)CCBr)cc1. The Morgan fingerprint density at radius 3 is 2.00 bits per heavy atom. The Bertz CT molecular complexity index is 308. The average Bonchev–Trinajstić information content (AvgIpc) is 2.28. The van der Waals surface area contributed by atoms with E-state index < -0.39 is 12.2 Å². The first-order valence-corrected chi connectivity index (χ1v) is 6.70. The molecule has 1 aromatic rings. The van der Waals surface area contributed by atoms with Crippen LogP contribution in [0.1, 0.15) is 43.4 Å². The summed E-state index contributed by atoms with van der Waals surface area (Å²) >= 11 is 3.25. The summed E-state index contributed by atoms with van der Waals surface area (Å²) in [5.74, 6) is 0.485. The van der Waals surface area contributed by atoms with E-state index in [0.717, 1.165) is 5.56 Å². The molecule has 0 aliphatic carbocycles. The van der Waals surface area contributed by atoms with Gasteiger partial charge < -0.3 is 10.2 Å². The molecule has 0 aliphatic rings. The van der Waals surface area contributed by atoms with Gasteiger partial charge in [0, 0.05) is 5.33 Å².